The smallest absolute Gasteiger partial charge is 0.348 e. The van der Waals surface area contributed by atoms with Gasteiger partial charge in [0.1, 0.15) is 10.9 Å². The second kappa shape index (κ2) is 9.05. The molecule has 0 aromatic carbocycles. The number of carbonyl (C=O) groups excluding carboxylic acids is 3. The van der Waals surface area contributed by atoms with Gasteiger partial charge in [0, 0.05) is 6.04 Å². The van der Waals surface area contributed by atoms with Crippen LogP contribution in [0.1, 0.15) is 54.3 Å². The quantitative estimate of drug-likeness (QED) is 0.729. The number of hydrogen-bond donors (Lipinski definition) is 1. The third kappa shape index (κ3) is 4.38. The van der Waals surface area contributed by atoms with E-state index in [4.69, 9.17) is 9.47 Å². The fourth-order valence-electron chi connectivity index (χ4n) is 4.43. The summed E-state index contributed by atoms with van der Waals surface area (Å²) in [5, 5.41) is 3.49. The number of ether oxygens (including phenoxy) is 2. The lowest BCUT2D eigenvalue weighted by atomic mass is 9.85. The van der Waals surface area contributed by atoms with Crippen LogP contribution in [0.5, 0.6) is 0 Å². The van der Waals surface area contributed by atoms with Gasteiger partial charge < -0.3 is 14.8 Å². The maximum Gasteiger partial charge on any atom is 0.348 e. The van der Waals surface area contributed by atoms with Crippen molar-refractivity contribution in [2.75, 3.05) is 25.6 Å². The molecule has 1 aliphatic heterocycles. The molecule has 3 unspecified atom stereocenters. The van der Waals surface area contributed by atoms with Crippen molar-refractivity contribution in [2.45, 2.75) is 58.0 Å². The molecule has 2 heterocycles. The Morgan fingerprint density at radius 1 is 1.29 bits per heavy atom. The molecule has 2 fully saturated rings. The molecule has 0 radical (unpaired) electrons. The number of aryl methyl sites for hydroxylation is 1. The molecule has 7 nitrogen and oxygen atoms in total. The number of nitrogens with zero attached hydrogens (tertiary/aromatic N) is 1. The number of thiophene rings is 1. The Balaban J connectivity index is 1.68. The maximum atomic E-state index is 12.7. The summed E-state index contributed by atoms with van der Waals surface area (Å²) in [6.07, 6.45) is 5.18. The normalized spacial score (nSPS) is 24.5. The fourth-order valence-corrected chi connectivity index (χ4v) is 5.42. The molecule has 1 aromatic heterocycles. The highest BCUT2D eigenvalue weighted by Gasteiger charge is 2.46. The van der Waals surface area contributed by atoms with Crippen LogP contribution < -0.4 is 5.32 Å². The zero-order chi connectivity index (χ0) is 20.3. The lowest BCUT2D eigenvalue weighted by Crippen LogP contribution is -2.46. The fraction of sp³-hybridized carbons (Fsp3) is 0.650. The molecule has 2 aliphatic rings. The Kier molecular flexibility index (Phi) is 6.72. The zero-order valence-electron chi connectivity index (χ0n) is 16.7. The van der Waals surface area contributed by atoms with Crippen LogP contribution in [-0.2, 0) is 19.1 Å². The number of rotatable bonds is 6. The first-order chi connectivity index (χ1) is 13.4. The van der Waals surface area contributed by atoms with Crippen molar-refractivity contribution in [3.63, 3.8) is 0 Å². The topological polar surface area (TPSA) is 84.9 Å². The SMILES string of the molecule is CCOC(=O)c1sc(NC(=O)CN2C(C(=O)OC)CC3CCCCC32)cc1C. The van der Waals surface area contributed by atoms with E-state index in [0.717, 1.165) is 31.2 Å². The van der Waals surface area contributed by atoms with E-state index < -0.39 is 0 Å². The van der Waals surface area contributed by atoms with Crippen molar-refractivity contribution in [2.24, 2.45) is 5.92 Å². The zero-order valence-corrected chi connectivity index (χ0v) is 17.5. The Labute approximate surface area is 169 Å². The van der Waals surface area contributed by atoms with Crippen LogP contribution in [0.4, 0.5) is 5.00 Å². The van der Waals surface area contributed by atoms with Gasteiger partial charge in [-0.2, -0.15) is 0 Å². The predicted octanol–water partition coefficient (Wildman–Crippen LogP) is 2.98. The van der Waals surface area contributed by atoms with Gasteiger partial charge in [-0.3, -0.25) is 14.5 Å². The molecule has 1 amide bonds. The van der Waals surface area contributed by atoms with Gasteiger partial charge in [-0.05, 0) is 50.7 Å². The molecule has 0 spiro atoms. The van der Waals surface area contributed by atoms with E-state index in [1.54, 1.807) is 13.0 Å². The van der Waals surface area contributed by atoms with Crippen molar-refractivity contribution in [3.8, 4) is 0 Å². The first-order valence-corrected chi connectivity index (χ1v) is 10.7. The summed E-state index contributed by atoms with van der Waals surface area (Å²) in [5.41, 5.74) is 0.778. The summed E-state index contributed by atoms with van der Waals surface area (Å²) in [6.45, 7) is 4.03. The van der Waals surface area contributed by atoms with E-state index in [0.29, 0.717) is 22.4 Å². The lowest BCUT2D eigenvalue weighted by molar-refractivity contribution is -0.146. The molecule has 1 aromatic rings. The highest BCUT2D eigenvalue weighted by atomic mass is 32.1. The molecule has 1 N–H and O–H groups in total. The number of carbonyl (C=O) groups is 3. The van der Waals surface area contributed by atoms with Gasteiger partial charge in [-0.15, -0.1) is 11.3 Å². The number of methoxy groups -OCH3 is 1. The van der Waals surface area contributed by atoms with Crippen molar-refractivity contribution in [1.82, 2.24) is 4.90 Å². The molecule has 28 heavy (non-hydrogen) atoms. The summed E-state index contributed by atoms with van der Waals surface area (Å²) >= 11 is 1.21. The van der Waals surface area contributed by atoms with Gasteiger partial charge in [0.25, 0.3) is 0 Å². The number of anilines is 1. The van der Waals surface area contributed by atoms with Crippen LogP contribution in [0.25, 0.3) is 0 Å². The summed E-state index contributed by atoms with van der Waals surface area (Å²) in [7, 11) is 1.40. The number of amides is 1. The van der Waals surface area contributed by atoms with Gasteiger partial charge >= 0.3 is 11.9 Å². The lowest BCUT2D eigenvalue weighted by Gasteiger charge is -2.32. The van der Waals surface area contributed by atoms with Crippen LogP contribution in [0, 0.1) is 12.8 Å². The predicted molar refractivity (Wildman–Crippen MR) is 107 cm³/mol. The summed E-state index contributed by atoms with van der Waals surface area (Å²) in [4.78, 5) is 39.4. The van der Waals surface area contributed by atoms with Crippen LogP contribution >= 0.6 is 11.3 Å². The minimum absolute atomic E-state index is 0.145. The molecular formula is C20H28N2O5S. The number of hydrogen-bond acceptors (Lipinski definition) is 7. The van der Waals surface area contributed by atoms with Gasteiger partial charge in [0.05, 0.1) is 25.3 Å². The Hall–Kier alpha value is -1.93. The average molecular weight is 409 g/mol. The van der Waals surface area contributed by atoms with E-state index in [1.165, 1.54) is 24.9 Å². The Morgan fingerprint density at radius 2 is 2.04 bits per heavy atom. The molecule has 0 bridgehead atoms. The highest BCUT2D eigenvalue weighted by molar-refractivity contribution is 7.18. The summed E-state index contributed by atoms with van der Waals surface area (Å²) in [5.74, 6) is -0.374. The third-order valence-electron chi connectivity index (χ3n) is 5.66. The molecule has 1 saturated heterocycles. The van der Waals surface area contributed by atoms with Crippen molar-refractivity contribution in [1.29, 1.82) is 0 Å². The van der Waals surface area contributed by atoms with E-state index in [9.17, 15) is 14.4 Å². The Bertz CT molecular complexity index is 747. The number of nitrogens with one attached hydrogen (secondary N) is 1. The van der Waals surface area contributed by atoms with Gasteiger partial charge in [0.15, 0.2) is 0 Å². The van der Waals surface area contributed by atoms with Crippen molar-refractivity contribution < 1.29 is 23.9 Å². The average Bonchev–Trinajstić information content (AvgIpc) is 3.22. The monoisotopic (exact) mass is 408 g/mol. The Morgan fingerprint density at radius 3 is 2.75 bits per heavy atom. The number of fused-ring (bicyclic) bond motifs is 1. The molecule has 154 valence electrons. The molecular weight excluding hydrogens is 380 g/mol. The maximum absolute atomic E-state index is 12.7. The minimum atomic E-state index is -0.374. The first kappa shape index (κ1) is 20.8. The minimum Gasteiger partial charge on any atom is -0.468 e. The largest absolute Gasteiger partial charge is 0.468 e. The molecule has 1 aliphatic carbocycles. The van der Waals surface area contributed by atoms with Crippen molar-refractivity contribution >= 4 is 34.2 Å². The second-order valence-electron chi connectivity index (χ2n) is 7.45. The van der Waals surface area contributed by atoms with Crippen LogP contribution in [0.3, 0.4) is 0 Å². The van der Waals surface area contributed by atoms with Crippen LogP contribution in [-0.4, -0.2) is 55.1 Å². The molecule has 3 atom stereocenters. The number of likely N-dealkylation sites (tertiary alicyclic amines) is 1. The van der Waals surface area contributed by atoms with Gasteiger partial charge in [-0.25, -0.2) is 4.79 Å². The van der Waals surface area contributed by atoms with E-state index in [2.05, 4.69) is 5.32 Å². The van der Waals surface area contributed by atoms with E-state index in [1.807, 2.05) is 11.8 Å². The van der Waals surface area contributed by atoms with Crippen LogP contribution in [0.2, 0.25) is 0 Å². The van der Waals surface area contributed by atoms with Gasteiger partial charge in [-0.1, -0.05) is 12.8 Å². The number of esters is 2. The third-order valence-corrected chi connectivity index (χ3v) is 6.79. The summed E-state index contributed by atoms with van der Waals surface area (Å²) in [6, 6.07) is 1.67. The summed E-state index contributed by atoms with van der Waals surface area (Å²) < 4.78 is 10.0. The van der Waals surface area contributed by atoms with Crippen LogP contribution in [0.15, 0.2) is 6.07 Å². The molecule has 3 rings (SSSR count). The molecule has 1 saturated carbocycles. The second-order valence-corrected chi connectivity index (χ2v) is 8.50. The highest BCUT2D eigenvalue weighted by Crippen LogP contribution is 2.40. The van der Waals surface area contributed by atoms with Crippen molar-refractivity contribution in [3.05, 3.63) is 16.5 Å². The van der Waals surface area contributed by atoms with E-state index in [-0.39, 0.29) is 36.5 Å². The van der Waals surface area contributed by atoms with Gasteiger partial charge in [0.2, 0.25) is 5.91 Å². The molecule has 8 heteroatoms. The first-order valence-electron chi connectivity index (χ1n) is 9.85. The standard InChI is InChI=1S/C20H28N2O5S/c1-4-27-20(25)18-12(2)9-17(28-18)21-16(23)11-22-14-8-6-5-7-13(14)10-15(22)19(24)26-3/h9,13-15H,4-8,10-11H2,1-3H3,(H,21,23). The van der Waals surface area contributed by atoms with E-state index >= 15 is 0 Å².